The average Bonchev–Trinajstić information content (AvgIpc) is 2.26. The lowest BCUT2D eigenvalue weighted by molar-refractivity contribution is -0.141. The van der Waals surface area contributed by atoms with Crippen molar-refractivity contribution in [2.75, 3.05) is 0 Å². The first-order valence-electron chi connectivity index (χ1n) is 5.02. The smallest absolute Gasteiger partial charge is 0.306 e. The van der Waals surface area contributed by atoms with Gasteiger partial charge in [0.2, 0.25) is 0 Å². The maximum Gasteiger partial charge on any atom is 0.306 e. The largest absolute Gasteiger partial charge is 0.481 e. The fourth-order valence-corrected chi connectivity index (χ4v) is 1.52. The number of Topliss-reactive ketones (excluding diaryl/α,β-unsaturated/α-hetero) is 1. The molecule has 4 heteroatoms. The van der Waals surface area contributed by atoms with Gasteiger partial charge in [-0.15, -0.1) is 0 Å². The number of ketones is 1. The van der Waals surface area contributed by atoms with E-state index < -0.39 is 11.9 Å². The third-order valence-electron chi connectivity index (χ3n) is 2.39. The van der Waals surface area contributed by atoms with Crippen molar-refractivity contribution in [2.24, 2.45) is 5.92 Å². The quantitative estimate of drug-likeness (QED) is 0.845. The van der Waals surface area contributed by atoms with Gasteiger partial charge in [-0.2, -0.15) is 0 Å². The molecule has 0 aromatic heterocycles. The fraction of sp³-hybridized carbons (Fsp3) is 0.333. The van der Waals surface area contributed by atoms with Gasteiger partial charge in [0.15, 0.2) is 5.78 Å². The van der Waals surface area contributed by atoms with Gasteiger partial charge in [0.1, 0.15) is 0 Å². The van der Waals surface area contributed by atoms with E-state index in [0.29, 0.717) is 12.0 Å². The Balaban J connectivity index is 2.53. The number of hydrogen-bond acceptors (Lipinski definition) is 2. The van der Waals surface area contributed by atoms with Crippen LogP contribution < -0.4 is 0 Å². The first-order chi connectivity index (χ1) is 7.50. The first-order valence-corrected chi connectivity index (χ1v) is 5.81. The topological polar surface area (TPSA) is 54.4 Å². The Bertz CT molecular complexity index is 384. The van der Waals surface area contributed by atoms with E-state index >= 15 is 0 Å². The molecular weight excluding hydrogens is 272 g/mol. The Morgan fingerprint density at radius 1 is 1.31 bits per heavy atom. The molecule has 3 nitrogen and oxygen atoms in total. The zero-order chi connectivity index (χ0) is 12.1. The van der Waals surface area contributed by atoms with Crippen LogP contribution in [0.3, 0.4) is 0 Å². The molecule has 0 amide bonds. The molecule has 1 atom stereocenters. The van der Waals surface area contributed by atoms with Crippen LogP contribution in [-0.2, 0) is 4.79 Å². The van der Waals surface area contributed by atoms with Crippen molar-refractivity contribution in [3.63, 3.8) is 0 Å². The molecular formula is C12H13BrO3. The summed E-state index contributed by atoms with van der Waals surface area (Å²) in [5.41, 5.74) is 0.626. The summed E-state index contributed by atoms with van der Waals surface area (Å²) >= 11 is 3.29. The molecule has 1 N–H and O–H groups in total. The Morgan fingerprint density at radius 3 is 2.38 bits per heavy atom. The Hall–Kier alpha value is -1.16. The third kappa shape index (κ3) is 3.77. The molecule has 0 heterocycles. The number of hydrogen-bond donors (Lipinski definition) is 1. The van der Waals surface area contributed by atoms with Crippen molar-refractivity contribution in [3.8, 4) is 0 Å². The van der Waals surface area contributed by atoms with E-state index in [0.717, 1.165) is 4.47 Å². The van der Waals surface area contributed by atoms with Gasteiger partial charge in [-0.05, 0) is 18.6 Å². The zero-order valence-corrected chi connectivity index (χ0v) is 10.5. The number of benzene rings is 1. The standard InChI is InChI=1S/C12H13BrO3/c1-8(12(15)16)2-7-11(14)9-3-5-10(13)6-4-9/h3-6,8H,2,7H2,1H3,(H,15,16). The summed E-state index contributed by atoms with van der Waals surface area (Å²) in [6.45, 7) is 1.61. The minimum absolute atomic E-state index is 0.0133. The number of rotatable bonds is 5. The van der Waals surface area contributed by atoms with Gasteiger partial charge >= 0.3 is 5.97 Å². The van der Waals surface area contributed by atoms with Gasteiger partial charge in [-0.25, -0.2) is 0 Å². The molecule has 1 aromatic carbocycles. The second-order valence-corrected chi connectivity index (χ2v) is 4.62. The number of carbonyl (C=O) groups excluding carboxylic acids is 1. The second kappa shape index (κ2) is 5.80. The van der Waals surface area contributed by atoms with Gasteiger partial charge in [-0.3, -0.25) is 9.59 Å². The molecule has 0 saturated heterocycles. The van der Waals surface area contributed by atoms with E-state index in [1.807, 2.05) is 0 Å². The first kappa shape index (κ1) is 12.9. The van der Waals surface area contributed by atoms with Gasteiger partial charge in [0.05, 0.1) is 5.92 Å². The van der Waals surface area contributed by atoms with E-state index in [9.17, 15) is 9.59 Å². The van der Waals surface area contributed by atoms with Crippen molar-refractivity contribution >= 4 is 27.7 Å². The SMILES string of the molecule is CC(CCC(=O)c1ccc(Br)cc1)C(=O)O. The summed E-state index contributed by atoms with van der Waals surface area (Å²) in [6, 6.07) is 7.07. The Labute approximate surface area is 103 Å². The predicted octanol–water partition coefficient (Wildman–Crippen LogP) is 3.13. The molecule has 86 valence electrons. The van der Waals surface area contributed by atoms with Gasteiger partial charge in [-0.1, -0.05) is 35.0 Å². The van der Waals surface area contributed by atoms with Crippen molar-refractivity contribution in [2.45, 2.75) is 19.8 Å². The fourth-order valence-electron chi connectivity index (χ4n) is 1.25. The lowest BCUT2D eigenvalue weighted by Gasteiger charge is -2.05. The minimum Gasteiger partial charge on any atom is -0.481 e. The van der Waals surface area contributed by atoms with Crippen LogP contribution >= 0.6 is 15.9 Å². The van der Waals surface area contributed by atoms with Gasteiger partial charge in [0.25, 0.3) is 0 Å². The molecule has 0 aliphatic rings. The number of aliphatic carboxylic acids is 1. The summed E-state index contributed by atoms with van der Waals surface area (Å²) in [6.07, 6.45) is 0.652. The molecule has 0 bridgehead atoms. The maximum atomic E-state index is 11.7. The summed E-state index contributed by atoms with van der Waals surface area (Å²) in [4.78, 5) is 22.3. The number of carboxylic acid groups (broad SMARTS) is 1. The van der Waals surface area contributed by atoms with E-state index in [1.165, 1.54) is 0 Å². The number of carbonyl (C=O) groups is 2. The van der Waals surface area contributed by atoms with Crippen LogP contribution in [0.15, 0.2) is 28.7 Å². The third-order valence-corrected chi connectivity index (χ3v) is 2.92. The summed E-state index contributed by atoms with van der Waals surface area (Å²) in [5, 5.41) is 8.68. The molecule has 1 unspecified atom stereocenters. The highest BCUT2D eigenvalue weighted by atomic mass is 79.9. The van der Waals surface area contributed by atoms with Crippen LogP contribution in [0.1, 0.15) is 30.1 Å². The van der Waals surface area contributed by atoms with Crippen LogP contribution in [0.4, 0.5) is 0 Å². The Kier molecular flexibility index (Phi) is 4.68. The molecule has 0 radical (unpaired) electrons. The lowest BCUT2D eigenvalue weighted by Crippen LogP contribution is -2.11. The summed E-state index contributed by atoms with van der Waals surface area (Å²) in [5.74, 6) is -1.34. The minimum atomic E-state index is -0.858. The van der Waals surface area contributed by atoms with Crippen molar-refractivity contribution in [1.82, 2.24) is 0 Å². The van der Waals surface area contributed by atoms with Crippen molar-refractivity contribution < 1.29 is 14.7 Å². The van der Waals surface area contributed by atoms with Crippen LogP contribution in [0.2, 0.25) is 0 Å². The number of carboxylic acids is 1. The highest BCUT2D eigenvalue weighted by Gasteiger charge is 2.13. The molecule has 1 aromatic rings. The zero-order valence-electron chi connectivity index (χ0n) is 8.94. The van der Waals surface area contributed by atoms with Crippen LogP contribution in [0.25, 0.3) is 0 Å². The van der Waals surface area contributed by atoms with Crippen LogP contribution in [-0.4, -0.2) is 16.9 Å². The Morgan fingerprint density at radius 2 is 1.88 bits per heavy atom. The van der Waals surface area contributed by atoms with Gasteiger partial charge in [0, 0.05) is 16.5 Å². The normalized spacial score (nSPS) is 12.1. The van der Waals surface area contributed by atoms with Crippen molar-refractivity contribution in [1.29, 1.82) is 0 Å². The molecule has 0 aliphatic heterocycles. The second-order valence-electron chi connectivity index (χ2n) is 3.71. The molecule has 16 heavy (non-hydrogen) atoms. The molecule has 0 fully saturated rings. The van der Waals surface area contributed by atoms with E-state index in [4.69, 9.17) is 5.11 Å². The van der Waals surface area contributed by atoms with Crippen LogP contribution in [0, 0.1) is 5.92 Å². The average molecular weight is 285 g/mol. The molecule has 0 saturated carbocycles. The van der Waals surface area contributed by atoms with E-state index in [1.54, 1.807) is 31.2 Å². The summed E-state index contributed by atoms with van der Waals surface area (Å²) in [7, 11) is 0. The lowest BCUT2D eigenvalue weighted by atomic mass is 10.0. The molecule has 0 aliphatic carbocycles. The highest BCUT2D eigenvalue weighted by Crippen LogP contribution is 2.14. The predicted molar refractivity (Wildman–Crippen MR) is 64.5 cm³/mol. The molecule has 1 rings (SSSR count). The maximum absolute atomic E-state index is 11.7. The molecule has 0 spiro atoms. The van der Waals surface area contributed by atoms with Crippen LogP contribution in [0.5, 0.6) is 0 Å². The number of halogens is 1. The van der Waals surface area contributed by atoms with E-state index in [2.05, 4.69) is 15.9 Å². The van der Waals surface area contributed by atoms with E-state index in [-0.39, 0.29) is 12.2 Å². The van der Waals surface area contributed by atoms with Crippen molar-refractivity contribution in [3.05, 3.63) is 34.3 Å². The monoisotopic (exact) mass is 284 g/mol. The highest BCUT2D eigenvalue weighted by molar-refractivity contribution is 9.10. The van der Waals surface area contributed by atoms with Gasteiger partial charge < -0.3 is 5.11 Å². The summed E-state index contributed by atoms with van der Waals surface area (Å²) < 4.78 is 0.919.